The van der Waals surface area contributed by atoms with Crippen molar-refractivity contribution in [1.29, 1.82) is 0 Å². The molecule has 0 saturated heterocycles. The molecule has 0 aromatic heterocycles. The van der Waals surface area contributed by atoms with Crippen LogP contribution in [0, 0.1) is 16.7 Å². The van der Waals surface area contributed by atoms with Crippen LogP contribution in [0.4, 0.5) is 0 Å². The molecule has 0 heterocycles. The molecular weight excluding hydrogens is 322 g/mol. The summed E-state index contributed by atoms with van der Waals surface area (Å²) >= 11 is 0. The number of rotatable bonds is 3. The number of benzene rings is 2. The Kier molecular flexibility index (Phi) is 3.98. The van der Waals surface area contributed by atoms with Crippen molar-refractivity contribution in [2.24, 2.45) is 21.9 Å². The van der Waals surface area contributed by atoms with Gasteiger partial charge >= 0.3 is 5.97 Å². The maximum atomic E-state index is 12.4. The molecule has 3 nitrogen and oxygen atoms in total. The molecular formula is C23H25NO2. The third-order valence-electron chi connectivity index (χ3n) is 6.98. The molecule has 0 amide bonds. The van der Waals surface area contributed by atoms with E-state index < -0.39 is 0 Å². The molecule has 2 aliphatic rings. The summed E-state index contributed by atoms with van der Waals surface area (Å²) in [6.45, 7) is 6.90. The fourth-order valence-corrected chi connectivity index (χ4v) is 4.65. The second-order valence-electron chi connectivity index (χ2n) is 8.35. The first kappa shape index (κ1) is 17.0. The van der Waals surface area contributed by atoms with Gasteiger partial charge in [0.05, 0.1) is 11.3 Å². The molecule has 134 valence electrons. The van der Waals surface area contributed by atoms with Crippen molar-refractivity contribution in [2.45, 2.75) is 40.0 Å². The van der Waals surface area contributed by atoms with E-state index in [9.17, 15) is 4.79 Å². The highest BCUT2D eigenvalue weighted by molar-refractivity contribution is 5.95. The molecule has 2 aromatic rings. The number of nitrogens with zero attached hydrogens (tertiary/aromatic N) is 1. The highest BCUT2D eigenvalue weighted by atomic mass is 16.7. The van der Waals surface area contributed by atoms with E-state index in [4.69, 9.17) is 4.84 Å². The Hall–Kier alpha value is -2.42. The summed E-state index contributed by atoms with van der Waals surface area (Å²) in [7, 11) is 0. The summed E-state index contributed by atoms with van der Waals surface area (Å²) < 4.78 is 0. The largest absolute Gasteiger partial charge is 0.365 e. The first-order valence-corrected chi connectivity index (χ1v) is 9.36. The van der Waals surface area contributed by atoms with Crippen LogP contribution in [-0.4, -0.2) is 11.7 Å². The lowest BCUT2D eigenvalue weighted by atomic mass is 9.70. The van der Waals surface area contributed by atoms with Gasteiger partial charge in [0.2, 0.25) is 0 Å². The molecule has 3 heteroatoms. The molecule has 2 aromatic carbocycles. The van der Waals surface area contributed by atoms with Gasteiger partial charge in [-0.25, -0.2) is 4.79 Å². The van der Waals surface area contributed by atoms with Crippen molar-refractivity contribution >= 4 is 11.7 Å². The van der Waals surface area contributed by atoms with Crippen LogP contribution >= 0.6 is 0 Å². The summed E-state index contributed by atoms with van der Waals surface area (Å²) in [5, 5.41) is 4.30. The molecule has 26 heavy (non-hydrogen) atoms. The van der Waals surface area contributed by atoms with Crippen LogP contribution < -0.4 is 0 Å². The summed E-state index contributed by atoms with van der Waals surface area (Å²) in [6.07, 6.45) is 3.33. The van der Waals surface area contributed by atoms with Gasteiger partial charge in [-0.05, 0) is 53.9 Å². The zero-order chi connectivity index (χ0) is 18.4. The Bertz CT molecular complexity index is 852. The first-order valence-electron chi connectivity index (χ1n) is 9.36. The number of carbonyl (C=O) groups excluding carboxylic acids is 1. The second-order valence-corrected chi connectivity index (χ2v) is 8.35. The Morgan fingerprint density at radius 2 is 1.65 bits per heavy atom. The molecule has 0 aliphatic heterocycles. The van der Waals surface area contributed by atoms with Crippen molar-refractivity contribution in [3.63, 3.8) is 0 Å². The van der Waals surface area contributed by atoms with Crippen LogP contribution in [0.25, 0.3) is 11.1 Å². The van der Waals surface area contributed by atoms with Crippen molar-refractivity contribution in [1.82, 2.24) is 0 Å². The predicted molar refractivity (Wildman–Crippen MR) is 104 cm³/mol. The van der Waals surface area contributed by atoms with Gasteiger partial charge in [-0.1, -0.05) is 68.4 Å². The summed E-state index contributed by atoms with van der Waals surface area (Å²) in [5.41, 5.74) is 4.07. The van der Waals surface area contributed by atoms with E-state index in [-0.39, 0.29) is 16.8 Å². The van der Waals surface area contributed by atoms with Crippen LogP contribution in [0.1, 0.15) is 50.4 Å². The van der Waals surface area contributed by atoms with Crippen molar-refractivity contribution in [2.75, 3.05) is 0 Å². The average Bonchev–Trinajstić information content (AvgIpc) is 3.00. The predicted octanol–water partition coefficient (Wildman–Crippen LogP) is 5.71. The zero-order valence-corrected chi connectivity index (χ0v) is 15.7. The van der Waals surface area contributed by atoms with Crippen molar-refractivity contribution < 1.29 is 9.63 Å². The van der Waals surface area contributed by atoms with Gasteiger partial charge in [0.1, 0.15) is 0 Å². The third-order valence-corrected chi connectivity index (χ3v) is 6.98. The first-order chi connectivity index (χ1) is 12.4. The lowest BCUT2D eigenvalue weighted by molar-refractivity contribution is 0.0508. The standard InChI is InChI=1S/C23H25NO2/c1-22(2)19-13-14-23(22,3)20(15-19)24-26-21(25)18-11-9-17(10-12-18)16-7-5-4-6-8-16/h4-12,19H,13-15H2,1-3H3/b24-20+/t19-,23-/m0/s1. The maximum absolute atomic E-state index is 12.4. The lowest BCUT2D eigenvalue weighted by Gasteiger charge is -2.34. The maximum Gasteiger partial charge on any atom is 0.365 e. The Labute approximate surface area is 155 Å². The quantitative estimate of drug-likeness (QED) is 0.527. The van der Waals surface area contributed by atoms with Gasteiger partial charge in [0.15, 0.2) is 0 Å². The second kappa shape index (κ2) is 6.08. The van der Waals surface area contributed by atoms with E-state index in [1.54, 1.807) is 12.1 Å². The summed E-state index contributed by atoms with van der Waals surface area (Å²) in [5.74, 6) is 0.261. The number of hydrogen-bond donors (Lipinski definition) is 0. The molecule has 0 unspecified atom stereocenters. The van der Waals surface area contributed by atoms with Crippen LogP contribution in [0.3, 0.4) is 0 Å². The molecule has 0 radical (unpaired) electrons. The fourth-order valence-electron chi connectivity index (χ4n) is 4.65. The number of hydrogen-bond acceptors (Lipinski definition) is 3. The van der Waals surface area contributed by atoms with Gasteiger partial charge in [0.25, 0.3) is 0 Å². The molecule has 2 fully saturated rings. The Morgan fingerprint density at radius 3 is 2.23 bits per heavy atom. The highest BCUT2D eigenvalue weighted by Gasteiger charge is 2.60. The SMILES string of the molecule is CC1(C)[C@H]2CC[C@@]1(C)/C(=N/OC(=O)c1ccc(-c3ccccc3)cc1)C2. The minimum atomic E-state index is -0.388. The normalized spacial score (nSPS) is 27.7. The van der Waals surface area contributed by atoms with E-state index in [2.05, 4.69) is 38.1 Å². The van der Waals surface area contributed by atoms with E-state index >= 15 is 0 Å². The number of oxime groups is 1. The van der Waals surface area contributed by atoms with Crippen molar-refractivity contribution in [3.05, 3.63) is 60.2 Å². The molecule has 2 bridgehead atoms. The van der Waals surface area contributed by atoms with Crippen LogP contribution in [-0.2, 0) is 4.84 Å². The van der Waals surface area contributed by atoms with Crippen molar-refractivity contribution in [3.8, 4) is 11.1 Å². The van der Waals surface area contributed by atoms with Crippen LogP contribution in [0.15, 0.2) is 59.8 Å². The van der Waals surface area contributed by atoms with Crippen LogP contribution in [0.2, 0.25) is 0 Å². The van der Waals surface area contributed by atoms with Crippen LogP contribution in [0.5, 0.6) is 0 Å². The molecule has 2 aliphatic carbocycles. The number of carbonyl (C=O) groups is 1. The zero-order valence-electron chi connectivity index (χ0n) is 15.7. The molecule has 2 saturated carbocycles. The van der Waals surface area contributed by atoms with Gasteiger partial charge in [-0.15, -0.1) is 0 Å². The molecule has 4 rings (SSSR count). The van der Waals surface area contributed by atoms with Gasteiger partial charge in [0, 0.05) is 5.41 Å². The lowest BCUT2D eigenvalue weighted by Crippen LogP contribution is -2.32. The van der Waals surface area contributed by atoms with Gasteiger partial charge in [-0.3, -0.25) is 0 Å². The topological polar surface area (TPSA) is 38.7 Å². The number of fused-ring (bicyclic) bond motifs is 2. The Morgan fingerprint density at radius 1 is 1.00 bits per heavy atom. The van der Waals surface area contributed by atoms with E-state index in [0.717, 1.165) is 29.7 Å². The monoisotopic (exact) mass is 347 g/mol. The molecule has 2 atom stereocenters. The minimum Gasteiger partial charge on any atom is -0.313 e. The smallest absolute Gasteiger partial charge is 0.313 e. The van der Waals surface area contributed by atoms with Gasteiger partial charge < -0.3 is 4.84 Å². The summed E-state index contributed by atoms with van der Waals surface area (Å²) in [6, 6.07) is 17.6. The van der Waals surface area contributed by atoms with E-state index in [1.165, 1.54) is 6.42 Å². The molecule has 0 N–H and O–H groups in total. The fraction of sp³-hybridized carbons (Fsp3) is 0.391. The average molecular weight is 347 g/mol. The minimum absolute atomic E-state index is 0.0507. The summed E-state index contributed by atoms with van der Waals surface area (Å²) in [4.78, 5) is 17.7. The molecule has 0 spiro atoms. The van der Waals surface area contributed by atoms with E-state index in [1.807, 2.05) is 30.3 Å². The Balaban J connectivity index is 1.48. The highest BCUT2D eigenvalue weighted by Crippen LogP contribution is 2.64. The van der Waals surface area contributed by atoms with Gasteiger partial charge in [-0.2, -0.15) is 0 Å². The van der Waals surface area contributed by atoms with E-state index in [0.29, 0.717) is 11.5 Å². The third kappa shape index (κ3) is 2.57.